The van der Waals surface area contributed by atoms with Gasteiger partial charge in [-0.05, 0) is 39.2 Å². The molecule has 1 aromatic carbocycles. The summed E-state index contributed by atoms with van der Waals surface area (Å²) in [5.74, 6) is 1.37. The van der Waals surface area contributed by atoms with Crippen LogP contribution in [0.25, 0.3) is 0 Å². The Hall–Kier alpha value is -2.20. The summed E-state index contributed by atoms with van der Waals surface area (Å²) in [5.41, 5.74) is 1.58. The molecular formula is C16H20N2O2. The smallest absolute Gasteiger partial charge is 0.168 e. The molecule has 0 unspecified atom stereocenters. The van der Waals surface area contributed by atoms with E-state index in [1.54, 1.807) is 6.08 Å². The molecule has 0 aliphatic carbocycles. The molecule has 1 aliphatic rings. The van der Waals surface area contributed by atoms with Crippen molar-refractivity contribution in [2.75, 3.05) is 20.6 Å². The van der Waals surface area contributed by atoms with E-state index in [-0.39, 0.29) is 0 Å². The molecule has 0 bridgehead atoms. The predicted molar refractivity (Wildman–Crippen MR) is 82.4 cm³/mol. The van der Waals surface area contributed by atoms with Crippen LogP contribution in [0.5, 0.6) is 5.75 Å². The van der Waals surface area contributed by atoms with Crippen molar-refractivity contribution in [3.05, 3.63) is 53.8 Å². The highest BCUT2D eigenvalue weighted by Crippen LogP contribution is 2.16. The summed E-state index contributed by atoms with van der Waals surface area (Å²) >= 11 is 0. The number of nitrogens with zero attached hydrogens (tertiary/aromatic N) is 1. The second-order valence-corrected chi connectivity index (χ2v) is 4.25. The molecule has 0 aromatic heterocycles. The van der Waals surface area contributed by atoms with Gasteiger partial charge in [0, 0.05) is 6.08 Å². The first-order chi connectivity index (χ1) is 9.69. The number of aryl methyl sites for hydroxylation is 1. The molecule has 1 aromatic rings. The van der Waals surface area contributed by atoms with E-state index in [9.17, 15) is 4.79 Å². The summed E-state index contributed by atoms with van der Waals surface area (Å²) in [6.07, 6.45) is 6.04. The summed E-state index contributed by atoms with van der Waals surface area (Å²) < 4.78 is 5.66. The van der Waals surface area contributed by atoms with E-state index in [1.165, 1.54) is 5.56 Å². The van der Waals surface area contributed by atoms with Gasteiger partial charge < -0.3 is 10.1 Å². The van der Waals surface area contributed by atoms with E-state index in [0.29, 0.717) is 18.0 Å². The van der Waals surface area contributed by atoms with E-state index in [1.807, 2.05) is 57.4 Å². The second kappa shape index (κ2) is 8.82. The summed E-state index contributed by atoms with van der Waals surface area (Å²) in [7, 11) is 3.75. The van der Waals surface area contributed by atoms with Crippen LogP contribution in [0.2, 0.25) is 0 Å². The predicted octanol–water partition coefficient (Wildman–Crippen LogP) is 2.30. The van der Waals surface area contributed by atoms with Gasteiger partial charge in [-0.3, -0.25) is 9.79 Å². The van der Waals surface area contributed by atoms with Crippen molar-refractivity contribution in [3.8, 4) is 5.75 Å². The third kappa shape index (κ3) is 5.63. The number of ether oxygens (including phenoxy) is 1. The number of nitrogens with one attached hydrogen (secondary N) is 1. The number of aliphatic imine (C=N–C) groups is 1. The van der Waals surface area contributed by atoms with Gasteiger partial charge in [0.05, 0.1) is 6.54 Å². The molecule has 106 valence electrons. The molecule has 0 atom stereocenters. The van der Waals surface area contributed by atoms with Crippen LogP contribution in [0.4, 0.5) is 0 Å². The largest absolute Gasteiger partial charge is 0.457 e. The SMILES string of the molecule is CNC.Cc1ccc(OC2=CC(C=O)=NCC=C2)cc1. The van der Waals surface area contributed by atoms with E-state index in [4.69, 9.17) is 4.74 Å². The fraction of sp³-hybridized carbons (Fsp3) is 0.250. The van der Waals surface area contributed by atoms with Gasteiger partial charge >= 0.3 is 0 Å². The Morgan fingerprint density at radius 2 is 1.90 bits per heavy atom. The Bertz CT molecular complexity index is 514. The minimum Gasteiger partial charge on any atom is -0.457 e. The molecule has 2 rings (SSSR count). The summed E-state index contributed by atoms with van der Waals surface area (Å²) in [6, 6.07) is 7.75. The molecule has 0 saturated carbocycles. The minimum atomic E-state index is 0.400. The van der Waals surface area contributed by atoms with Gasteiger partial charge in [0.2, 0.25) is 0 Å². The fourth-order valence-electron chi connectivity index (χ4n) is 1.44. The molecule has 4 nitrogen and oxygen atoms in total. The standard InChI is InChI=1S/C14H13NO2.C2H7N/c1-11-4-6-13(7-5-11)17-14-3-2-8-15-12(9-14)10-16;1-3-2/h2-7,9-10H,8H2,1H3;3H,1-2H3. The lowest BCUT2D eigenvalue weighted by atomic mass is 10.2. The topological polar surface area (TPSA) is 50.7 Å². The van der Waals surface area contributed by atoms with Crippen molar-refractivity contribution in [1.82, 2.24) is 5.32 Å². The lowest BCUT2D eigenvalue weighted by Gasteiger charge is -2.05. The molecule has 0 amide bonds. The zero-order valence-electron chi connectivity index (χ0n) is 12.1. The molecular weight excluding hydrogens is 252 g/mol. The number of aldehydes is 1. The van der Waals surface area contributed by atoms with Gasteiger partial charge in [-0.2, -0.15) is 0 Å². The summed E-state index contributed by atoms with van der Waals surface area (Å²) in [4.78, 5) is 14.7. The first-order valence-electron chi connectivity index (χ1n) is 6.40. The van der Waals surface area contributed by atoms with Crippen LogP contribution in [-0.2, 0) is 4.79 Å². The van der Waals surface area contributed by atoms with Crippen molar-refractivity contribution < 1.29 is 9.53 Å². The highest BCUT2D eigenvalue weighted by Gasteiger charge is 2.02. The molecule has 0 fully saturated rings. The number of allylic oxidation sites excluding steroid dienone is 2. The Balaban J connectivity index is 0.000000612. The van der Waals surface area contributed by atoms with Crippen LogP contribution in [0, 0.1) is 6.92 Å². The highest BCUT2D eigenvalue weighted by atomic mass is 16.5. The van der Waals surface area contributed by atoms with Gasteiger partial charge in [0.15, 0.2) is 6.29 Å². The quantitative estimate of drug-likeness (QED) is 0.859. The summed E-state index contributed by atoms with van der Waals surface area (Å²) in [6.45, 7) is 2.52. The van der Waals surface area contributed by atoms with Crippen LogP contribution in [0.3, 0.4) is 0 Å². The maximum atomic E-state index is 10.7. The zero-order valence-corrected chi connectivity index (χ0v) is 12.1. The third-order valence-corrected chi connectivity index (χ3v) is 2.33. The molecule has 0 saturated heterocycles. The average molecular weight is 272 g/mol. The monoisotopic (exact) mass is 272 g/mol. The zero-order chi connectivity index (χ0) is 14.8. The van der Waals surface area contributed by atoms with Crippen LogP contribution in [0.1, 0.15) is 5.56 Å². The maximum absolute atomic E-state index is 10.7. The Labute approximate surface area is 119 Å². The van der Waals surface area contributed by atoms with Crippen molar-refractivity contribution in [2.45, 2.75) is 6.92 Å². The van der Waals surface area contributed by atoms with Gasteiger partial charge in [0.25, 0.3) is 0 Å². The van der Waals surface area contributed by atoms with Gasteiger partial charge in [0.1, 0.15) is 17.2 Å². The van der Waals surface area contributed by atoms with E-state index < -0.39 is 0 Å². The molecule has 0 spiro atoms. The van der Waals surface area contributed by atoms with E-state index in [0.717, 1.165) is 12.0 Å². The first-order valence-corrected chi connectivity index (χ1v) is 6.40. The molecule has 1 aliphatic heterocycles. The van der Waals surface area contributed by atoms with Crippen LogP contribution in [-0.4, -0.2) is 32.6 Å². The molecule has 1 N–H and O–H groups in total. The van der Waals surface area contributed by atoms with Crippen molar-refractivity contribution in [1.29, 1.82) is 0 Å². The highest BCUT2D eigenvalue weighted by molar-refractivity contribution is 6.34. The number of rotatable bonds is 3. The lowest BCUT2D eigenvalue weighted by Crippen LogP contribution is -1.99. The minimum absolute atomic E-state index is 0.400. The molecule has 4 heteroatoms. The van der Waals surface area contributed by atoms with Gasteiger partial charge in [-0.25, -0.2) is 0 Å². The lowest BCUT2D eigenvalue weighted by molar-refractivity contribution is -0.102. The number of carbonyl (C=O) groups excluding carboxylic acids is 1. The first kappa shape index (κ1) is 15.9. The third-order valence-electron chi connectivity index (χ3n) is 2.33. The van der Waals surface area contributed by atoms with Crippen LogP contribution in [0.15, 0.2) is 53.2 Å². The number of benzene rings is 1. The average Bonchev–Trinajstić information content (AvgIpc) is 2.67. The van der Waals surface area contributed by atoms with E-state index in [2.05, 4.69) is 10.3 Å². The van der Waals surface area contributed by atoms with Gasteiger partial charge in [-0.15, -0.1) is 0 Å². The van der Waals surface area contributed by atoms with Crippen LogP contribution >= 0.6 is 0 Å². The molecule has 1 heterocycles. The van der Waals surface area contributed by atoms with Crippen molar-refractivity contribution in [3.63, 3.8) is 0 Å². The number of hydrogen-bond donors (Lipinski definition) is 1. The van der Waals surface area contributed by atoms with Crippen LogP contribution < -0.4 is 10.1 Å². The van der Waals surface area contributed by atoms with E-state index >= 15 is 0 Å². The Morgan fingerprint density at radius 3 is 2.50 bits per heavy atom. The maximum Gasteiger partial charge on any atom is 0.168 e. The molecule has 0 radical (unpaired) electrons. The second-order valence-electron chi connectivity index (χ2n) is 4.25. The Kier molecular flexibility index (Phi) is 7.00. The van der Waals surface area contributed by atoms with Crippen molar-refractivity contribution >= 4 is 12.0 Å². The Morgan fingerprint density at radius 1 is 1.25 bits per heavy atom. The number of carbonyl (C=O) groups is 1. The van der Waals surface area contributed by atoms with Gasteiger partial charge in [-0.1, -0.05) is 23.8 Å². The normalized spacial score (nSPS) is 13.3. The van der Waals surface area contributed by atoms with Crippen molar-refractivity contribution in [2.24, 2.45) is 4.99 Å². The summed E-state index contributed by atoms with van der Waals surface area (Å²) in [5, 5.41) is 2.75. The molecule has 20 heavy (non-hydrogen) atoms. The number of hydrogen-bond acceptors (Lipinski definition) is 4. The fourth-order valence-corrected chi connectivity index (χ4v) is 1.44.